The predicted molar refractivity (Wildman–Crippen MR) is 111 cm³/mol. The highest BCUT2D eigenvalue weighted by atomic mass is 16.6. The minimum absolute atomic E-state index is 0.242. The summed E-state index contributed by atoms with van der Waals surface area (Å²) in [6, 6.07) is 19.4. The summed E-state index contributed by atoms with van der Waals surface area (Å²) in [7, 11) is 0. The zero-order valence-electron chi connectivity index (χ0n) is 16.4. The number of carbonyl (C=O) groups is 1. The third-order valence-corrected chi connectivity index (χ3v) is 4.35. The lowest BCUT2D eigenvalue weighted by atomic mass is 10.2. The Balaban J connectivity index is 1.33. The lowest BCUT2D eigenvalue weighted by Crippen LogP contribution is -2.06. The van der Waals surface area contributed by atoms with Gasteiger partial charge in [-0.1, -0.05) is 48.5 Å². The quantitative estimate of drug-likeness (QED) is 0.340. The van der Waals surface area contributed by atoms with Crippen LogP contribution in [0.5, 0.6) is 0 Å². The molecule has 0 amide bonds. The van der Waals surface area contributed by atoms with Crippen LogP contribution in [0.3, 0.4) is 0 Å². The van der Waals surface area contributed by atoms with E-state index in [-0.39, 0.29) is 5.89 Å². The van der Waals surface area contributed by atoms with Crippen molar-refractivity contribution in [1.82, 2.24) is 20.0 Å². The summed E-state index contributed by atoms with van der Waals surface area (Å²) in [6.45, 7) is 2.35. The number of nitrogens with zero attached hydrogens (tertiary/aromatic N) is 4. The molecule has 150 valence electrons. The van der Waals surface area contributed by atoms with E-state index in [9.17, 15) is 4.79 Å². The molecule has 30 heavy (non-hydrogen) atoms. The Labute approximate surface area is 173 Å². The molecule has 0 N–H and O–H groups in total. The first-order valence-electron chi connectivity index (χ1n) is 9.51. The van der Waals surface area contributed by atoms with E-state index < -0.39 is 12.1 Å². The lowest BCUT2D eigenvalue weighted by Gasteiger charge is -2.06. The van der Waals surface area contributed by atoms with Crippen LogP contribution in [0.2, 0.25) is 0 Å². The maximum absolute atomic E-state index is 12.1. The van der Waals surface area contributed by atoms with E-state index in [0.717, 1.165) is 16.7 Å². The fourth-order valence-corrected chi connectivity index (χ4v) is 2.85. The van der Waals surface area contributed by atoms with Gasteiger partial charge in [-0.3, -0.25) is 4.68 Å². The van der Waals surface area contributed by atoms with Gasteiger partial charge < -0.3 is 9.15 Å². The first-order chi connectivity index (χ1) is 14.7. The second kappa shape index (κ2) is 9.00. The second-order valence-electron chi connectivity index (χ2n) is 6.68. The summed E-state index contributed by atoms with van der Waals surface area (Å²) in [4.78, 5) is 12.1. The first-order valence-corrected chi connectivity index (χ1v) is 9.51. The molecule has 0 fully saturated rings. The highest BCUT2D eigenvalue weighted by molar-refractivity contribution is 5.87. The minimum Gasteiger partial charge on any atom is -0.449 e. The van der Waals surface area contributed by atoms with Crippen molar-refractivity contribution in [1.29, 1.82) is 0 Å². The maximum atomic E-state index is 12.1. The Hall–Kier alpha value is -4.00. The molecule has 0 aliphatic heterocycles. The van der Waals surface area contributed by atoms with Crippen molar-refractivity contribution >= 4 is 12.0 Å². The first kappa shape index (κ1) is 19.3. The second-order valence-corrected chi connectivity index (χ2v) is 6.68. The standard InChI is InChI=1S/C23H20N4O3/c1-17(22-25-26-23(30-22)20-10-6-3-7-11-20)29-21(28)13-12-19-14-24-27(16-19)15-18-8-4-2-5-9-18/h2-14,16-17H,15H2,1H3/b13-12+/t17-/m0/s1. The van der Waals surface area contributed by atoms with Gasteiger partial charge in [0.05, 0.1) is 12.7 Å². The van der Waals surface area contributed by atoms with Crippen LogP contribution in [0.1, 0.15) is 30.0 Å². The smallest absolute Gasteiger partial charge is 0.331 e. The minimum atomic E-state index is -0.659. The Morgan fingerprint density at radius 2 is 1.83 bits per heavy atom. The van der Waals surface area contributed by atoms with Crippen LogP contribution >= 0.6 is 0 Å². The van der Waals surface area contributed by atoms with Crippen LogP contribution in [0.25, 0.3) is 17.5 Å². The number of hydrogen-bond donors (Lipinski definition) is 0. The van der Waals surface area contributed by atoms with E-state index in [0.29, 0.717) is 12.4 Å². The molecule has 0 spiro atoms. The summed E-state index contributed by atoms with van der Waals surface area (Å²) in [5.74, 6) is 0.124. The van der Waals surface area contributed by atoms with Crippen LogP contribution in [0.4, 0.5) is 0 Å². The van der Waals surface area contributed by atoms with Gasteiger partial charge in [0, 0.05) is 23.4 Å². The van der Waals surface area contributed by atoms with Gasteiger partial charge in [-0.05, 0) is 30.7 Å². The molecule has 0 bridgehead atoms. The van der Waals surface area contributed by atoms with Gasteiger partial charge in [-0.15, -0.1) is 10.2 Å². The number of hydrogen-bond acceptors (Lipinski definition) is 6. The van der Waals surface area contributed by atoms with Crippen molar-refractivity contribution in [2.24, 2.45) is 0 Å². The normalized spacial score (nSPS) is 12.2. The average molecular weight is 400 g/mol. The Kier molecular flexibility index (Phi) is 5.80. The number of esters is 1. The molecule has 0 aliphatic carbocycles. The van der Waals surface area contributed by atoms with Crippen molar-refractivity contribution in [3.8, 4) is 11.5 Å². The maximum Gasteiger partial charge on any atom is 0.331 e. The number of ether oxygens (including phenoxy) is 1. The summed E-state index contributed by atoms with van der Waals surface area (Å²) in [5, 5.41) is 12.3. The van der Waals surface area contributed by atoms with Crippen LogP contribution in [-0.2, 0) is 16.1 Å². The number of aromatic nitrogens is 4. The highest BCUT2D eigenvalue weighted by Crippen LogP contribution is 2.22. The van der Waals surface area contributed by atoms with Gasteiger partial charge in [0.1, 0.15) is 0 Å². The molecule has 0 unspecified atom stereocenters. The van der Waals surface area contributed by atoms with Gasteiger partial charge >= 0.3 is 5.97 Å². The van der Waals surface area contributed by atoms with Gasteiger partial charge in [0.2, 0.25) is 5.89 Å². The van der Waals surface area contributed by atoms with E-state index >= 15 is 0 Å². The van der Waals surface area contributed by atoms with Gasteiger partial charge in [0.25, 0.3) is 5.89 Å². The fraction of sp³-hybridized carbons (Fsp3) is 0.130. The average Bonchev–Trinajstić information content (AvgIpc) is 3.44. The molecule has 2 heterocycles. The molecule has 2 aromatic heterocycles. The van der Waals surface area contributed by atoms with Crippen LogP contribution in [-0.4, -0.2) is 25.9 Å². The van der Waals surface area contributed by atoms with E-state index in [1.165, 1.54) is 6.08 Å². The van der Waals surface area contributed by atoms with Crippen molar-refractivity contribution in [3.63, 3.8) is 0 Å². The van der Waals surface area contributed by atoms with E-state index in [1.54, 1.807) is 19.2 Å². The van der Waals surface area contributed by atoms with Gasteiger partial charge in [0.15, 0.2) is 6.10 Å². The summed E-state index contributed by atoms with van der Waals surface area (Å²) < 4.78 is 12.8. The van der Waals surface area contributed by atoms with Gasteiger partial charge in [-0.2, -0.15) is 5.10 Å². The van der Waals surface area contributed by atoms with Crippen LogP contribution in [0.15, 0.2) is 83.6 Å². The van der Waals surface area contributed by atoms with Crippen LogP contribution in [0, 0.1) is 0 Å². The number of carbonyl (C=O) groups excluding carboxylic acids is 1. The molecule has 4 rings (SSSR count). The molecule has 0 aliphatic rings. The Morgan fingerprint density at radius 1 is 1.10 bits per heavy atom. The van der Waals surface area contributed by atoms with Crippen molar-refractivity contribution in [2.45, 2.75) is 19.6 Å². The number of benzene rings is 2. The van der Waals surface area contributed by atoms with Crippen molar-refractivity contribution < 1.29 is 13.9 Å². The molecule has 4 aromatic rings. The fourth-order valence-electron chi connectivity index (χ4n) is 2.85. The zero-order chi connectivity index (χ0) is 20.8. The SMILES string of the molecule is C[C@H](OC(=O)/C=C/c1cnn(Cc2ccccc2)c1)c1nnc(-c2ccccc2)o1. The molecule has 0 saturated carbocycles. The molecule has 2 aromatic carbocycles. The summed E-state index contributed by atoms with van der Waals surface area (Å²) in [6.07, 6.45) is 5.92. The zero-order valence-corrected chi connectivity index (χ0v) is 16.4. The van der Waals surface area contributed by atoms with E-state index in [1.807, 2.05) is 71.5 Å². The molecule has 0 radical (unpaired) electrons. The monoisotopic (exact) mass is 400 g/mol. The Morgan fingerprint density at radius 3 is 2.60 bits per heavy atom. The molecule has 0 saturated heterocycles. The third-order valence-electron chi connectivity index (χ3n) is 4.35. The topological polar surface area (TPSA) is 83.0 Å². The van der Waals surface area contributed by atoms with E-state index in [2.05, 4.69) is 15.3 Å². The number of rotatable bonds is 7. The molecular weight excluding hydrogens is 380 g/mol. The van der Waals surface area contributed by atoms with Crippen LogP contribution < -0.4 is 0 Å². The predicted octanol–water partition coefficient (Wildman–Crippen LogP) is 4.30. The molecule has 7 nitrogen and oxygen atoms in total. The molecule has 1 atom stereocenters. The molecular formula is C23H20N4O3. The largest absolute Gasteiger partial charge is 0.449 e. The highest BCUT2D eigenvalue weighted by Gasteiger charge is 2.18. The summed E-state index contributed by atoms with van der Waals surface area (Å²) in [5.41, 5.74) is 2.76. The van der Waals surface area contributed by atoms with Crippen molar-refractivity contribution in [2.75, 3.05) is 0 Å². The van der Waals surface area contributed by atoms with Gasteiger partial charge in [-0.25, -0.2) is 4.79 Å². The Bertz CT molecular complexity index is 1130. The van der Waals surface area contributed by atoms with E-state index in [4.69, 9.17) is 9.15 Å². The summed E-state index contributed by atoms with van der Waals surface area (Å²) >= 11 is 0. The lowest BCUT2D eigenvalue weighted by molar-refractivity contribution is -0.143. The van der Waals surface area contributed by atoms with Crippen molar-refractivity contribution in [3.05, 3.63) is 96.2 Å². The third kappa shape index (κ3) is 4.88. The molecule has 7 heteroatoms.